The van der Waals surface area contributed by atoms with E-state index in [4.69, 9.17) is 0 Å². The molecule has 0 aromatic heterocycles. The largest absolute Gasteiger partial charge is 0.336 e. The van der Waals surface area contributed by atoms with Gasteiger partial charge in [-0.3, -0.25) is 4.79 Å². The predicted octanol–water partition coefficient (Wildman–Crippen LogP) is -0.488. The number of rotatable bonds is 1. The Balaban J connectivity index is 1.94. The Hall–Kier alpha value is -0.610. The van der Waals surface area contributed by atoms with Crippen molar-refractivity contribution in [3.8, 4) is 0 Å². The van der Waals surface area contributed by atoms with Gasteiger partial charge < -0.3 is 15.1 Å². The first-order valence-corrected chi connectivity index (χ1v) is 5.46. The van der Waals surface area contributed by atoms with Crippen molar-refractivity contribution in [1.82, 2.24) is 15.1 Å². The van der Waals surface area contributed by atoms with E-state index in [9.17, 15) is 4.79 Å². The maximum Gasteiger partial charge on any atom is 0.236 e. The maximum atomic E-state index is 11.6. The lowest BCUT2D eigenvalue weighted by atomic mass is 10.0. The van der Waals surface area contributed by atoms with Crippen LogP contribution in [0.15, 0.2) is 0 Å². The van der Waals surface area contributed by atoms with Gasteiger partial charge in [-0.15, -0.1) is 0 Å². The van der Waals surface area contributed by atoms with Gasteiger partial charge in [0.2, 0.25) is 5.91 Å². The van der Waals surface area contributed by atoms with Crippen LogP contribution >= 0.6 is 0 Å². The Morgan fingerprint density at radius 1 is 1.43 bits per heavy atom. The number of carbonyl (C=O) groups is 1. The van der Waals surface area contributed by atoms with Gasteiger partial charge in [0.15, 0.2) is 0 Å². The van der Waals surface area contributed by atoms with Gasteiger partial charge in [-0.05, 0) is 26.4 Å². The van der Waals surface area contributed by atoms with Gasteiger partial charge in [0, 0.05) is 25.7 Å². The molecule has 4 heteroatoms. The Labute approximate surface area is 85.2 Å². The third-order valence-corrected chi connectivity index (χ3v) is 3.17. The fraction of sp³-hybridized carbons (Fsp3) is 0.900. The van der Waals surface area contributed by atoms with E-state index in [0.29, 0.717) is 12.6 Å². The number of likely N-dealkylation sites (N-methyl/N-ethyl adjacent to an activating group) is 1. The first-order valence-electron chi connectivity index (χ1n) is 5.46. The van der Waals surface area contributed by atoms with Crippen molar-refractivity contribution >= 4 is 5.91 Å². The Kier molecular flexibility index (Phi) is 3.03. The number of hydrogen-bond acceptors (Lipinski definition) is 3. The van der Waals surface area contributed by atoms with E-state index in [1.165, 1.54) is 19.4 Å². The Morgan fingerprint density at radius 3 is 3.00 bits per heavy atom. The molecule has 2 saturated heterocycles. The molecule has 2 heterocycles. The van der Waals surface area contributed by atoms with Crippen LogP contribution in [0, 0.1) is 0 Å². The van der Waals surface area contributed by atoms with E-state index in [1.807, 2.05) is 0 Å². The molecule has 1 atom stereocenters. The monoisotopic (exact) mass is 197 g/mol. The molecule has 0 spiro atoms. The van der Waals surface area contributed by atoms with Crippen molar-refractivity contribution in [2.75, 3.05) is 39.8 Å². The number of hydrogen-bond donors (Lipinski definition) is 1. The number of amides is 1. The standard InChI is InChI=1S/C10H19N3O/c1-12-5-2-3-9(8-12)13-6-4-11-7-10(13)14/h9,11H,2-8H2,1H3/t9-/m0/s1. The highest BCUT2D eigenvalue weighted by Crippen LogP contribution is 2.15. The number of nitrogens with one attached hydrogen (secondary N) is 1. The average Bonchev–Trinajstić information content (AvgIpc) is 2.18. The molecule has 2 aliphatic rings. The molecule has 4 nitrogen and oxygen atoms in total. The molecule has 0 bridgehead atoms. The molecule has 1 amide bonds. The molecule has 1 N–H and O–H groups in total. The van der Waals surface area contributed by atoms with Crippen LogP contribution in [-0.2, 0) is 4.79 Å². The fourth-order valence-electron chi connectivity index (χ4n) is 2.40. The van der Waals surface area contributed by atoms with Crippen LogP contribution in [0.5, 0.6) is 0 Å². The number of nitrogens with zero attached hydrogens (tertiary/aromatic N) is 2. The molecule has 0 aromatic rings. The second-order valence-electron chi connectivity index (χ2n) is 4.32. The number of piperidine rings is 1. The zero-order chi connectivity index (χ0) is 9.97. The predicted molar refractivity (Wildman–Crippen MR) is 55.1 cm³/mol. The SMILES string of the molecule is CN1CCC[C@H](N2CCNCC2=O)C1. The number of piperazine rings is 1. The van der Waals surface area contributed by atoms with Crippen molar-refractivity contribution in [2.24, 2.45) is 0 Å². The molecule has 2 aliphatic heterocycles. The van der Waals surface area contributed by atoms with Gasteiger partial charge in [0.25, 0.3) is 0 Å². The van der Waals surface area contributed by atoms with Crippen molar-refractivity contribution < 1.29 is 4.79 Å². The third kappa shape index (κ3) is 2.07. The number of likely N-dealkylation sites (tertiary alicyclic amines) is 1. The van der Waals surface area contributed by atoms with Crippen LogP contribution in [0.25, 0.3) is 0 Å². The summed E-state index contributed by atoms with van der Waals surface area (Å²) in [6.45, 7) is 4.59. The van der Waals surface area contributed by atoms with E-state index in [2.05, 4.69) is 22.2 Å². The summed E-state index contributed by atoms with van der Waals surface area (Å²) in [6.07, 6.45) is 2.40. The lowest BCUT2D eigenvalue weighted by molar-refractivity contribution is -0.135. The molecule has 0 unspecified atom stereocenters. The average molecular weight is 197 g/mol. The minimum absolute atomic E-state index is 0.275. The van der Waals surface area contributed by atoms with E-state index in [0.717, 1.165) is 19.6 Å². The Bertz CT molecular complexity index is 219. The molecule has 0 saturated carbocycles. The van der Waals surface area contributed by atoms with Crippen LogP contribution in [-0.4, -0.2) is 61.5 Å². The van der Waals surface area contributed by atoms with Gasteiger partial charge in [0.05, 0.1) is 6.54 Å². The van der Waals surface area contributed by atoms with Crippen molar-refractivity contribution in [3.05, 3.63) is 0 Å². The van der Waals surface area contributed by atoms with Gasteiger partial charge in [0.1, 0.15) is 0 Å². The summed E-state index contributed by atoms with van der Waals surface area (Å²) in [5.41, 5.74) is 0. The number of carbonyl (C=O) groups excluding carboxylic acids is 1. The van der Waals surface area contributed by atoms with Crippen molar-refractivity contribution in [2.45, 2.75) is 18.9 Å². The first-order chi connectivity index (χ1) is 6.77. The van der Waals surface area contributed by atoms with Gasteiger partial charge >= 0.3 is 0 Å². The quantitative estimate of drug-likeness (QED) is 0.616. The van der Waals surface area contributed by atoms with Crippen LogP contribution in [0.1, 0.15) is 12.8 Å². The van der Waals surface area contributed by atoms with E-state index >= 15 is 0 Å². The second kappa shape index (κ2) is 4.28. The minimum atomic E-state index is 0.275. The molecule has 0 aliphatic carbocycles. The smallest absolute Gasteiger partial charge is 0.236 e. The fourth-order valence-corrected chi connectivity index (χ4v) is 2.40. The van der Waals surface area contributed by atoms with Crippen LogP contribution < -0.4 is 5.32 Å². The summed E-state index contributed by atoms with van der Waals surface area (Å²) in [6, 6.07) is 0.461. The lowest BCUT2D eigenvalue weighted by Gasteiger charge is -2.39. The normalized spacial score (nSPS) is 30.8. The summed E-state index contributed by atoms with van der Waals surface area (Å²) < 4.78 is 0. The molecule has 0 radical (unpaired) electrons. The highest BCUT2D eigenvalue weighted by atomic mass is 16.2. The van der Waals surface area contributed by atoms with Crippen LogP contribution in [0.3, 0.4) is 0 Å². The van der Waals surface area contributed by atoms with Crippen LogP contribution in [0.2, 0.25) is 0 Å². The van der Waals surface area contributed by atoms with Gasteiger partial charge in [-0.25, -0.2) is 0 Å². The van der Waals surface area contributed by atoms with Crippen molar-refractivity contribution in [3.63, 3.8) is 0 Å². The summed E-state index contributed by atoms with van der Waals surface area (Å²) >= 11 is 0. The zero-order valence-electron chi connectivity index (χ0n) is 8.83. The van der Waals surface area contributed by atoms with Crippen LogP contribution in [0.4, 0.5) is 0 Å². The van der Waals surface area contributed by atoms with E-state index in [1.54, 1.807) is 0 Å². The van der Waals surface area contributed by atoms with E-state index in [-0.39, 0.29) is 5.91 Å². The lowest BCUT2D eigenvalue weighted by Crippen LogP contribution is -2.56. The first kappa shape index (κ1) is 9.93. The zero-order valence-corrected chi connectivity index (χ0v) is 8.83. The van der Waals surface area contributed by atoms with Crippen molar-refractivity contribution in [1.29, 1.82) is 0 Å². The summed E-state index contributed by atoms with van der Waals surface area (Å²) in [5, 5.41) is 3.11. The highest BCUT2D eigenvalue weighted by molar-refractivity contribution is 5.79. The maximum absolute atomic E-state index is 11.6. The summed E-state index contributed by atoms with van der Waals surface area (Å²) in [7, 11) is 2.14. The van der Waals surface area contributed by atoms with Gasteiger partial charge in [-0.2, -0.15) is 0 Å². The molecule has 80 valence electrons. The molecule has 2 rings (SSSR count). The highest BCUT2D eigenvalue weighted by Gasteiger charge is 2.28. The molecular formula is C10H19N3O. The second-order valence-corrected chi connectivity index (χ2v) is 4.32. The molecular weight excluding hydrogens is 178 g/mol. The molecule has 2 fully saturated rings. The Morgan fingerprint density at radius 2 is 2.29 bits per heavy atom. The molecule has 14 heavy (non-hydrogen) atoms. The topological polar surface area (TPSA) is 35.6 Å². The third-order valence-electron chi connectivity index (χ3n) is 3.17. The molecule has 0 aromatic carbocycles. The van der Waals surface area contributed by atoms with Gasteiger partial charge in [-0.1, -0.05) is 0 Å². The minimum Gasteiger partial charge on any atom is -0.336 e. The summed E-state index contributed by atoms with van der Waals surface area (Å²) in [4.78, 5) is 16.0. The summed E-state index contributed by atoms with van der Waals surface area (Å²) in [5.74, 6) is 0.275. The van der Waals surface area contributed by atoms with E-state index < -0.39 is 0 Å².